The Balaban J connectivity index is 1.28. The predicted molar refractivity (Wildman–Crippen MR) is 150 cm³/mol. The molecule has 1 amide bonds. The summed E-state index contributed by atoms with van der Waals surface area (Å²) >= 11 is 0. The van der Waals surface area contributed by atoms with E-state index in [1.807, 2.05) is 31.2 Å². The van der Waals surface area contributed by atoms with Gasteiger partial charge in [-0.2, -0.15) is 9.57 Å². The van der Waals surface area contributed by atoms with Gasteiger partial charge in [0.2, 0.25) is 15.9 Å². The van der Waals surface area contributed by atoms with Crippen molar-refractivity contribution < 1.29 is 13.2 Å². The molecule has 0 radical (unpaired) electrons. The second-order valence-corrected chi connectivity index (χ2v) is 11.3. The zero-order valence-corrected chi connectivity index (χ0v) is 22.1. The van der Waals surface area contributed by atoms with Gasteiger partial charge in [-0.05, 0) is 78.7 Å². The lowest BCUT2D eigenvalue weighted by Crippen LogP contribution is -2.36. The molecule has 0 atom stereocenters. The maximum absolute atomic E-state index is 13.0. The summed E-state index contributed by atoms with van der Waals surface area (Å²) in [5.41, 5.74) is 11.0. The highest BCUT2D eigenvalue weighted by Crippen LogP contribution is 2.31. The number of nitrogens with zero attached hydrogens (tertiary/aromatic N) is 4. The molecular weight excluding hydrogens is 512 g/mol. The minimum Gasteiger partial charge on any atom is -0.398 e. The molecular formula is C29H26N6O3S. The number of carbonyl (C=O) groups excluding carboxylic acids is 1. The van der Waals surface area contributed by atoms with Crippen molar-refractivity contribution in [1.29, 1.82) is 5.26 Å². The molecule has 10 heteroatoms. The molecule has 2 aromatic carbocycles. The molecule has 196 valence electrons. The number of hydrogen-bond acceptors (Lipinski definition) is 7. The van der Waals surface area contributed by atoms with Gasteiger partial charge in [0.1, 0.15) is 5.82 Å². The van der Waals surface area contributed by atoms with Crippen molar-refractivity contribution in [3.05, 3.63) is 89.9 Å². The fraction of sp³-hybridized carbons (Fsp3) is 0.172. The topological polar surface area (TPSA) is 142 Å². The van der Waals surface area contributed by atoms with Gasteiger partial charge in [-0.3, -0.25) is 9.78 Å². The third-order valence-corrected chi connectivity index (χ3v) is 8.67. The van der Waals surface area contributed by atoms with Gasteiger partial charge >= 0.3 is 0 Å². The number of nitriles is 1. The lowest BCUT2D eigenvalue weighted by atomic mass is 9.99. The largest absolute Gasteiger partial charge is 0.398 e. The third kappa shape index (κ3) is 5.50. The number of nitrogen functional groups attached to an aromatic ring is 1. The summed E-state index contributed by atoms with van der Waals surface area (Å²) in [6, 6.07) is 15.6. The first-order valence-electron chi connectivity index (χ1n) is 12.4. The number of carbonyl (C=O) groups is 1. The molecule has 1 saturated heterocycles. The van der Waals surface area contributed by atoms with Crippen molar-refractivity contribution in [1.82, 2.24) is 14.3 Å². The van der Waals surface area contributed by atoms with Gasteiger partial charge < -0.3 is 11.1 Å². The van der Waals surface area contributed by atoms with E-state index >= 15 is 0 Å². The zero-order valence-electron chi connectivity index (χ0n) is 21.3. The Morgan fingerprint density at radius 1 is 1.13 bits per heavy atom. The number of anilines is 2. The molecule has 0 spiro atoms. The number of sulfonamides is 1. The summed E-state index contributed by atoms with van der Waals surface area (Å²) in [7, 11) is -3.72. The molecule has 0 bridgehead atoms. The highest BCUT2D eigenvalue weighted by atomic mass is 32.2. The minimum absolute atomic E-state index is 0.0941. The first-order valence-corrected chi connectivity index (χ1v) is 13.8. The molecule has 0 aliphatic carbocycles. The van der Waals surface area contributed by atoms with Crippen LogP contribution in [0.4, 0.5) is 11.5 Å². The van der Waals surface area contributed by atoms with E-state index in [4.69, 9.17) is 11.0 Å². The van der Waals surface area contributed by atoms with Crippen LogP contribution in [-0.2, 0) is 14.8 Å². The number of hydrogen-bond donors (Lipinski definition) is 2. The normalized spacial score (nSPS) is 14.1. The molecule has 1 fully saturated rings. The number of benzene rings is 2. The molecule has 5 rings (SSSR count). The van der Waals surface area contributed by atoms with Crippen molar-refractivity contribution in [2.24, 2.45) is 0 Å². The summed E-state index contributed by atoms with van der Waals surface area (Å²) in [6.45, 7) is 2.51. The molecule has 0 saturated carbocycles. The van der Waals surface area contributed by atoms with Crippen LogP contribution in [0.1, 0.15) is 24.0 Å². The second kappa shape index (κ2) is 10.6. The standard InChI is InChI=1S/C29H26N6O3S/c1-19-5-8-32-17-25(19)22-13-23-15-28(33-18-26(23)27(31)14-22)34-29(36)12-20-6-9-35(10-7-20)39(37,38)24-4-2-3-21(11-24)16-30/h2-5,8,11-15,17-18H,6-7,9-10,31H2,1H3,(H,33,34,36). The Bertz CT molecular complexity index is 1770. The maximum atomic E-state index is 13.0. The summed E-state index contributed by atoms with van der Waals surface area (Å²) < 4.78 is 27.4. The van der Waals surface area contributed by atoms with E-state index in [2.05, 4.69) is 15.3 Å². The van der Waals surface area contributed by atoms with E-state index in [1.54, 1.807) is 36.8 Å². The molecule has 1 aliphatic heterocycles. The summed E-state index contributed by atoms with van der Waals surface area (Å²) in [6.07, 6.45) is 7.55. The van der Waals surface area contributed by atoms with Crippen LogP contribution in [0.5, 0.6) is 0 Å². The smallest absolute Gasteiger partial charge is 0.249 e. The number of aryl methyl sites for hydroxylation is 1. The summed E-state index contributed by atoms with van der Waals surface area (Å²) in [5.74, 6) is 0.0586. The number of piperidine rings is 1. The Hall–Kier alpha value is -4.59. The lowest BCUT2D eigenvalue weighted by molar-refractivity contribution is -0.112. The van der Waals surface area contributed by atoms with E-state index in [9.17, 15) is 13.2 Å². The van der Waals surface area contributed by atoms with Gasteiger partial charge in [0.25, 0.3) is 0 Å². The van der Waals surface area contributed by atoms with Gasteiger partial charge in [-0.1, -0.05) is 11.6 Å². The fourth-order valence-corrected chi connectivity index (χ4v) is 6.14. The molecule has 4 aromatic rings. The van der Waals surface area contributed by atoms with Crippen LogP contribution in [0.25, 0.3) is 21.9 Å². The summed E-state index contributed by atoms with van der Waals surface area (Å²) in [5, 5.41) is 13.5. The number of amides is 1. The predicted octanol–water partition coefficient (Wildman–Crippen LogP) is 4.41. The zero-order chi connectivity index (χ0) is 27.6. The van der Waals surface area contributed by atoms with Crippen LogP contribution in [0.2, 0.25) is 0 Å². The van der Waals surface area contributed by atoms with Crippen LogP contribution in [0.3, 0.4) is 0 Å². The Morgan fingerprint density at radius 2 is 1.92 bits per heavy atom. The highest BCUT2D eigenvalue weighted by Gasteiger charge is 2.27. The van der Waals surface area contributed by atoms with Gasteiger partial charge in [-0.15, -0.1) is 0 Å². The van der Waals surface area contributed by atoms with Gasteiger partial charge in [0.15, 0.2) is 0 Å². The maximum Gasteiger partial charge on any atom is 0.249 e. The average Bonchev–Trinajstić information content (AvgIpc) is 2.93. The number of nitrogens with two attached hydrogens (primary N) is 1. The van der Waals surface area contributed by atoms with Crippen molar-refractivity contribution in [2.75, 3.05) is 24.1 Å². The van der Waals surface area contributed by atoms with Crippen LogP contribution >= 0.6 is 0 Å². The number of pyridine rings is 2. The van der Waals surface area contributed by atoms with Crippen molar-refractivity contribution in [2.45, 2.75) is 24.7 Å². The van der Waals surface area contributed by atoms with Crippen LogP contribution in [0, 0.1) is 18.3 Å². The number of nitrogens with one attached hydrogen (secondary N) is 1. The first-order chi connectivity index (χ1) is 18.7. The SMILES string of the molecule is Cc1ccncc1-c1cc(N)c2cnc(NC(=O)C=C3CCN(S(=O)(=O)c4cccc(C#N)c4)CC3)cc2c1. The molecule has 0 unspecified atom stereocenters. The number of fused-ring (bicyclic) bond motifs is 1. The summed E-state index contributed by atoms with van der Waals surface area (Å²) in [4.78, 5) is 21.4. The third-order valence-electron chi connectivity index (χ3n) is 6.77. The molecule has 1 aliphatic rings. The Labute approximate surface area is 226 Å². The highest BCUT2D eigenvalue weighted by molar-refractivity contribution is 7.89. The van der Waals surface area contributed by atoms with E-state index in [0.29, 0.717) is 29.9 Å². The van der Waals surface area contributed by atoms with Crippen LogP contribution < -0.4 is 11.1 Å². The minimum atomic E-state index is -3.72. The van der Waals surface area contributed by atoms with E-state index in [1.165, 1.54) is 22.5 Å². The van der Waals surface area contributed by atoms with Crippen LogP contribution in [-0.4, -0.2) is 41.7 Å². The van der Waals surface area contributed by atoms with E-state index in [0.717, 1.165) is 33.0 Å². The number of aromatic nitrogens is 2. The van der Waals surface area contributed by atoms with E-state index in [-0.39, 0.29) is 23.9 Å². The molecule has 9 nitrogen and oxygen atoms in total. The second-order valence-electron chi connectivity index (χ2n) is 9.38. The van der Waals surface area contributed by atoms with E-state index < -0.39 is 10.0 Å². The molecule has 2 aromatic heterocycles. The van der Waals surface area contributed by atoms with Gasteiger partial charge in [0, 0.05) is 54.4 Å². The molecule has 3 N–H and O–H groups in total. The number of rotatable bonds is 5. The average molecular weight is 539 g/mol. The monoisotopic (exact) mass is 538 g/mol. The Morgan fingerprint density at radius 3 is 2.67 bits per heavy atom. The molecule has 39 heavy (non-hydrogen) atoms. The fourth-order valence-electron chi connectivity index (χ4n) is 4.66. The van der Waals surface area contributed by atoms with Gasteiger partial charge in [0.05, 0.1) is 16.5 Å². The Kier molecular flexibility index (Phi) is 7.11. The van der Waals surface area contributed by atoms with Crippen molar-refractivity contribution in [3.8, 4) is 17.2 Å². The quantitative estimate of drug-likeness (QED) is 0.283. The van der Waals surface area contributed by atoms with Crippen LogP contribution in [0.15, 0.2) is 83.7 Å². The first kappa shape index (κ1) is 26.0. The molecule has 3 heterocycles. The van der Waals surface area contributed by atoms with Crippen molar-refractivity contribution >= 4 is 38.2 Å². The van der Waals surface area contributed by atoms with Crippen molar-refractivity contribution in [3.63, 3.8) is 0 Å². The lowest BCUT2D eigenvalue weighted by Gasteiger charge is -2.27. The van der Waals surface area contributed by atoms with Gasteiger partial charge in [-0.25, -0.2) is 13.4 Å².